The first-order chi connectivity index (χ1) is 11.1. The van der Waals surface area contributed by atoms with Gasteiger partial charge in [-0.05, 0) is 54.8 Å². The summed E-state index contributed by atoms with van der Waals surface area (Å²) < 4.78 is 0. The van der Waals surface area contributed by atoms with Gasteiger partial charge in [0.15, 0.2) is 5.78 Å². The van der Waals surface area contributed by atoms with E-state index in [1.165, 1.54) is 6.92 Å². The standard InChI is InChI=1S/C19H19NO2S/c1-3-4-18-15(7-10-17(13(2)21)19(18)22)12-23-16-8-5-14(11-20)6-9-16/h5-10,22H,3-4,12H2,1-2H3. The van der Waals surface area contributed by atoms with E-state index in [0.29, 0.717) is 16.9 Å². The van der Waals surface area contributed by atoms with Gasteiger partial charge in [-0.3, -0.25) is 4.79 Å². The van der Waals surface area contributed by atoms with Gasteiger partial charge in [0.05, 0.1) is 17.2 Å². The van der Waals surface area contributed by atoms with Crippen LogP contribution in [-0.4, -0.2) is 10.9 Å². The summed E-state index contributed by atoms with van der Waals surface area (Å²) in [6, 6.07) is 13.2. The van der Waals surface area contributed by atoms with Gasteiger partial charge in [0, 0.05) is 10.6 Å². The number of benzene rings is 2. The molecule has 0 aromatic heterocycles. The zero-order valence-corrected chi connectivity index (χ0v) is 14.1. The Hall–Kier alpha value is -2.25. The molecular weight excluding hydrogens is 306 g/mol. The number of Topliss-reactive ketones (excluding diaryl/α,β-unsaturated/α-hetero) is 1. The lowest BCUT2D eigenvalue weighted by atomic mass is 9.98. The number of hydrogen-bond donors (Lipinski definition) is 1. The topological polar surface area (TPSA) is 61.1 Å². The summed E-state index contributed by atoms with van der Waals surface area (Å²) in [4.78, 5) is 12.7. The number of hydrogen-bond acceptors (Lipinski definition) is 4. The molecule has 0 bridgehead atoms. The van der Waals surface area contributed by atoms with Crippen molar-refractivity contribution in [2.75, 3.05) is 0 Å². The molecule has 0 saturated carbocycles. The molecule has 2 aromatic rings. The Labute approximate surface area is 141 Å². The zero-order valence-electron chi connectivity index (χ0n) is 13.3. The summed E-state index contributed by atoms with van der Waals surface area (Å²) >= 11 is 1.65. The van der Waals surface area contributed by atoms with Crippen LogP contribution in [0.5, 0.6) is 5.75 Å². The molecule has 0 aliphatic heterocycles. The highest BCUT2D eigenvalue weighted by atomic mass is 32.2. The van der Waals surface area contributed by atoms with Gasteiger partial charge in [-0.25, -0.2) is 0 Å². The van der Waals surface area contributed by atoms with E-state index in [4.69, 9.17) is 5.26 Å². The summed E-state index contributed by atoms with van der Waals surface area (Å²) in [5.74, 6) is 0.718. The SMILES string of the molecule is CCCc1c(CSc2ccc(C#N)cc2)ccc(C(C)=O)c1O. The Bertz CT molecular complexity index is 745. The minimum Gasteiger partial charge on any atom is -0.507 e. The van der Waals surface area contributed by atoms with Crippen LogP contribution in [0.3, 0.4) is 0 Å². The molecule has 0 atom stereocenters. The van der Waals surface area contributed by atoms with Crippen molar-refractivity contribution in [2.45, 2.75) is 37.3 Å². The summed E-state index contributed by atoms with van der Waals surface area (Å²) in [7, 11) is 0. The Morgan fingerprint density at radius 2 is 1.91 bits per heavy atom. The van der Waals surface area contributed by atoms with Gasteiger partial charge < -0.3 is 5.11 Å². The maximum atomic E-state index is 11.6. The van der Waals surface area contributed by atoms with Gasteiger partial charge in [0.25, 0.3) is 0 Å². The van der Waals surface area contributed by atoms with Crippen LogP contribution in [-0.2, 0) is 12.2 Å². The Morgan fingerprint density at radius 3 is 2.48 bits per heavy atom. The first kappa shape index (κ1) is 17.1. The van der Waals surface area contributed by atoms with Crippen molar-refractivity contribution in [1.82, 2.24) is 0 Å². The molecule has 0 aliphatic carbocycles. The Morgan fingerprint density at radius 1 is 1.22 bits per heavy atom. The number of aromatic hydroxyl groups is 1. The maximum absolute atomic E-state index is 11.6. The number of nitrogens with zero attached hydrogens (tertiary/aromatic N) is 1. The highest BCUT2D eigenvalue weighted by molar-refractivity contribution is 7.98. The Balaban J connectivity index is 2.23. The second kappa shape index (κ2) is 7.85. The van der Waals surface area contributed by atoms with Crippen molar-refractivity contribution in [1.29, 1.82) is 5.26 Å². The van der Waals surface area contributed by atoms with E-state index in [-0.39, 0.29) is 11.5 Å². The average Bonchev–Trinajstić information content (AvgIpc) is 2.55. The predicted molar refractivity (Wildman–Crippen MR) is 92.8 cm³/mol. The minimum atomic E-state index is -0.119. The molecule has 0 fully saturated rings. The molecule has 1 N–H and O–H groups in total. The molecule has 0 amide bonds. The van der Waals surface area contributed by atoms with E-state index in [1.54, 1.807) is 30.0 Å². The first-order valence-corrected chi connectivity index (χ1v) is 8.53. The van der Waals surface area contributed by atoms with Gasteiger partial charge in [0.2, 0.25) is 0 Å². The largest absolute Gasteiger partial charge is 0.507 e. The second-order valence-electron chi connectivity index (χ2n) is 5.33. The van der Waals surface area contributed by atoms with Crippen molar-refractivity contribution >= 4 is 17.5 Å². The van der Waals surface area contributed by atoms with Crippen LogP contribution >= 0.6 is 11.8 Å². The number of phenols is 1. The summed E-state index contributed by atoms with van der Waals surface area (Å²) in [6.45, 7) is 3.52. The first-order valence-electron chi connectivity index (χ1n) is 7.54. The van der Waals surface area contributed by atoms with Crippen molar-refractivity contribution < 1.29 is 9.90 Å². The number of phenolic OH excluding ortho intramolecular Hbond substituents is 1. The lowest BCUT2D eigenvalue weighted by molar-refractivity contribution is 0.101. The third-order valence-electron chi connectivity index (χ3n) is 3.64. The van der Waals surface area contributed by atoms with Gasteiger partial charge in [-0.15, -0.1) is 11.8 Å². The van der Waals surface area contributed by atoms with Crippen LogP contribution in [0.25, 0.3) is 0 Å². The van der Waals surface area contributed by atoms with Crippen molar-refractivity contribution in [2.24, 2.45) is 0 Å². The van der Waals surface area contributed by atoms with Gasteiger partial charge in [-0.2, -0.15) is 5.26 Å². The predicted octanol–water partition coefficient (Wildman–Crippen LogP) is 4.71. The molecular formula is C19H19NO2S. The highest BCUT2D eigenvalue weighted by Gasteiger charge is 2.14. The van der Waals surface area contributed by atoms with Gasteiger partial charge in [-0.1, -0.05) is 19.4 Å². The fourth-order valence-corrected chi connectivity index (χ4v) is 3.33. The summed E-state index contributed by atoms with van der Waals surface area (Å²) in [5.41, 5.74) is 2.94. The molecule has 23 heavy (non-hydrogen) atoms. The van der Waals surface area contributed by atoms with Gasteiger partial charge >= 0.3 is 0 Å². The molecule has 0 spiro atoms. The van der Waals surface area contributed by atoms with Crippen LogP contribution in [0.4, 0.5) is 0 Å². The number of carbonyl (C=O) groups is 1. The summed E-state index contributed by atoms with van der Waals surface area (Å²) in [5, 5.41) is 19.2. The molecule has 2 rings (SSSR count). The number of thioether (sulfide) groups is 1. The van der Waals surface area contributed by atoms with Crippen molar-refractivity contribution in [3.05, 3.63) is 58.7 Å². The van der Waals surface area contributed by atoms with Crippen LogP contribution in [0.1, 0.15) is 47.3 Å². The van der Waals surface area contributed by atoms with Crippen LogP contribution in [0.2, 0.25) is 0 Å². The monoisotopic (exact) mass is 325 g/mol. The molecule has 0 radical (unpaired) electrons. The molecule has 118 valence electrons. The quantitative estimate of drug-likeness (QED) is 0.617. The van der Waals surface area contributed by atoms with E-state index < -0.39 is 0 Å². The van der Waals surface area contributed by atoms with E-state index >= 15 is 0 Å². The van der Waals surface area contributed by atoms with Crippen LogP contribution in [0, 0.1) is 11.3 Å². The van der Waals surface area contributed by atoms with E-state index in [9.17, 15) is 9.90 Å². The second-order valence-corrected chi connectivity index (χ2v) is 6.38. The number of rotatable bonds is 6. The molecule has 0 saturated heterocycles. The molecule has 0 heterocycles. The lowest BCUT2D eigenvalue weighted by Crippen LogP contribution is -2.00. The normalized spacial score (nSPS) is 10.3. The third-order valence-corrected chi connectivity index (χ3v) is 4.70. The van der Waals surface area contributed by atoms with Crippen molar-refractivity contribution in [3.8, 4) is 11.8 Å². The van der Waals surface area contributed by atoms with E-state index in [1.807, 2.05) is 18.2 Å². The number of carbonyl (C=O) groups excluding carboxylic acids is 1. The molecule has 4 heteroatoms. The number of ketones is 1. The molecule has 3 nitrogen and oxygen atoms in total. The zero-order chi connectivity index (χ0) is 16.8. The van der Waals surface area contributed by atoms with E-state index in [2.05, 4.69) is 13.0 Å². The van der Waals surface area contributed by atoms with Crippen LogP contribution in [0.15, 0.2) is 41.3 Å². The fourth-order valence-electron chi connectivity index (χ4n) is 2.41. The minimum absolute atomic E-state index is 0.119. The third kappa shape index (κ3) is 4.14. The van der Waals surface area contributed by atoms with E-state index in [0.717, 1.165) is 28.9 Å². The fraction of sp³-hybridized carbons (Fsp3) is 0.263. The Kier molecular flexibility index (Phi) is 5.84. The highest BCUT2D eigenvalue weighted by Crippen LogP contribution is 2.32. The van der Waals surface area contributed by atoms with Gasteiger partial charge in [0.1, 0.15) is 5.75 Å². The maximum Gasteiger partial charge on any atom is 0.163 e. The molecule has 0 unspecified atom stereocenters. The summed E-state index contributed by atoms with van der Waals surface area (Å²) in [6.07, 6.45) is 1.65. The average molecular weight is 325 g/mol. The molecule has 0 aliphatic rings. The van der Waals surface area contributed by atoms with Crippen LogP contribution < -0.4 is 0 Å². The smallest absolute Gasteiger partial charge is 0.163 e. The number of nitriles is 1. The van der Waals surface area contributed by atoms with Crippen molar-refractivity contribution in [3.63, 3.8) is 0 Å². The molecule has 2 aromatic carbocycles. The lowest BCUT2D eigenvalue weighted by Gasteiger charge is -2.13.